The lowest BCUT2D eigenvalue weighted by Crippen LogP contribution is -2.27. The minimum atomic E-state index is 0.694. The van der Waals surface area contributed by atoms with Crippen LogP contribution in [0.15, 0.2) is 24.3 Å². The van der Waals surface area contributed by atoms with Crippen molar-refractivity contribution < 1.29 is 0 Å². The van der Waals surface area contributed by atoms with E-state index in [9.17, 15) is 0 Å². The Balaban J connectivity index is 2.12. The van der Waals surface area contributed by atoms with Crippen molar-refractivity contribution in [2.45, 2.75) is 17.7 Å². The minimum absolute atomic E-state index is 0.694. The van der Waals surface area contributed by atoms with Crippen LogP contribution in [0.3, 0.4) is 0 Å². The lowest BCUT2D eigenvalue weighted by molar-refractivity contribution is 0.606. The SMILES string of the molecule is C1=CCC2NCSC2C=C1. The molecule has 0 aromatic rings. The number of thioether (sulfide) groups is 1. The molecule has 1 fully saturated rings. The number of fused-ring (bicyclic) bond motifs is 1. The third kappa shape index (κ3) is 1.13. The van der Waals surface area contributed by atoms with Crippen molar-refractivity contribution in [1.82, 2.24) is 5.32 Å². The summed E-state index contributed by atoms with van der Waals surface area (Å²) in [6.07, 6.45) is 10.0. The van der Waals surface area contributed by atoms with Gasteiger partial charge in [0.15, 0.2) is 0 Å². The Morgan fingerprint density at radius 1 is 1.40 bits per heavy atom. The normalized spacial score (nSPS) is 37.6. The van der Waals surface area contributed by atoms with E-state index in [1.54, 1.807) is 0 Å². The van der Waals surface area contributed by atoms with Crippen molar-refractivity contribution in [1.29, 1.82) is 0 Å². The molecule has 1 N–H and O–H groups in total. The lowest BCUT2D eigenvalue weighted by atomic mass is 10.1. The molecule has 1 heterocycles. The van der Waals surface area contributed by atoms with E-state index in [0.29, 0.717) is 6.04 Å². The fraction of sp³-hybridized carbons (Fsp3) is 0.500. The van der Waals surface area contributed by atoms with Gasteiger partial charge in [0.25, 0.3) is 0 Å². The molecule has 54 valence electrons. The molecular weight excluding hydrogens is 142 g/mol. The Bertz CT molecular complexity index is 174. The van der Waals surface area contributed by atoms with E-state index in [-0.39, 0.29) is 0 Å². The molecule has 1 nitrogen and oxygen atoms in total. The molecule has 2 unspecified atom stereocenters. The maximum absolute atomic E-state index is 3.46. The van der Waals surface area contributed by atoms with Crippen LogP contribution in [0.2, 0.25) is 0 Å². The van der Waals surface area contributed by atoms with Gasteiger partial charge in [-0.1, -0.05) is 24.3 Å². The maximum Gasteiger partial charge on any atom is 0.0427 e. The first-order chi connectivity index (χ1) is 4.97. The van der Waals surface area contributed by atoms with Crippen molar-refractivity contribution in [3.8, 4) is 0 Å². The smallest absolute Gasteiger partial charge is 0.0427 e. The quantitative estimate of drug-likeness (QED) is 0.566. The van der Waals surface area contributed by atoms with Gasteiger partial charge < -0.3 is 5.32 Å². The molecule has 1 saturated heterocycles. The van der Waals surface area contributed by atoms with Crippen LogP contribution in [-0.2, 0) is 0 Å². The van der Waals surface area contributed by atoms with E-state index in [1.807, 2.05) is 11.8 Å². The number of nitrogens with one attached hydrogen (secondary N) is 1. The molecule has 0 spiro atoms. The number of allylic oxidation sites excluding steroid dienone is 2. The van der Waals surface area contributed by atoms with E-state index in [0.717, 1.165) is 11.1 Å². The molecule has 1 aliphatic carbocycles. The van der Waals surface area contributed by atoms with Crippen LogP contribution in [0.25, 0.3) is 0 Å². The third-order valence-electron chi connectivity index (χ3n) is 1.96. The van der Waals surface area contributed by atoms with Crippen molar-refractivity contribution in [2.75, 3.05) is 5.88 Å². The van der Waals surface area contributed by atoms with Gasteiger partial charge in [0.05, 0.1) is 0 Å². The number of hydrogen-bond donors (Lipinski definition) is 1. The molecule has 2 atom stereocenters. The third-order valence-corrected chi connectivity index (χ3v) is 3.16. The number of hydrogen-bond acceptors (Lipinski definition) is 2. The van der Waals surface area contributed by atoms with Crippen LogP contribution >= 0.6 is 11.8 Å². The topological polar surface area (TPSA) is 12.0 Å². The molecule has 0 amide bonds. The van der Waals surface area contributed by atoms with Gasteiger partial charge in [-0.25, -0.2) is 0 Å². The summed E-state index contributed by atoms with van der Waals surface area (Å²) in [6, 6.07) is 0.694. The molecule has 0 saturated carbocycles. The van der Waals surface area contributed by atoms with E-state index >= 15 is 0 Å². The molecule has 10 heavy (non-hydrogen) atoms. The molecule has 0 bridgehead atoms. The average Bonchev–Trinajstić information content (AvgIpc) is 2.28. The molecular formula is C8H11NS. The molecule has 2 rings (SSSR count). The fourth-order valence-electron chi connectivity index (χ4n) is 1.37. The highest BCUT2D eigenvalue weighted by Crippen LogP contribution is 2.25. The van der Waals surface area contributed by atoms with E-state index < -0.39 is 0 Å². The first kappa shape index (κ1) is 6.50. The zero-order valence-electron chi connectivity index (χ0n) is 5.79. The van der Waals surface area contributed by atoms with Crippen molar-refractivity contribution in [2.24, 2.45) is 0 Å². The standard InChI is InChI=1S/C8H11NS/c1-2-4-7-8(5-3-1)10-6-9-7/h1-3,5,7-9H,4,6H2. The van der Waals surface area contributed by atoms with Gasteiger partial charge in [0.1, 0.15) is 0 Å². The Hall–Kier alpha value is -0.210. The van der Waals surface area contributed by atoms with Crippen LogP contribution in [0, 0.1) is 0 Å². The van der Waals surface area contributed by atoms with Crippen LogP contribution in [0.5, 0.6) is 0 Å². The second-order valence-corrected chi connectivity index (χ2v) is 3.80. The Kier molecular flexibility index (Phi) is 1.82. The number of rotatable bonds is 0. The van der Waals surface area contributed by atoms with Crippen LogP contribution in [0.1, 0.15) is 6.42 Å². The molecule has 0 aromatic heterocycles. The van der Waals surface area contributed by atoms with Crippen LogP contribution in [0.4, 0.5) is 0 Å². The Morgan fingerprint density at radius 2 is 2.40 bits per heavy atom. The van der Waals surface area contributed by atoms with Crippen molar-refractivity contribution in [3.05, 3.63) is 24.3 Å². The van der Waals surface area contributed by atoms with Crippen LogP contribution < -0.4 is 5.32 Å². The Labute approximate surface area is 65.6 Å². The van der Waals surface area contributed by atoms with Crippen molar-refractivity contribution in [3.63, 3.8) is 0 Å². The predicted molar refractivity (Wildman–Crippen MR) is 46.1 cm³/mol. The van der Waals surface area contributed by atoms with Gasteiger partial charge >= 0.3 is 0 Å². The van der Waals surface area contributed by atoms with Gasteiger partial charge in [0.2, 0.25) is 0 Å². The summed E-state index contributed by atoms with van der Waals surface area (Å²) in [5.74, 6) is 1.12. The summed E-state index contributed by atoms with van der Waals surface area (Å²) in [5.41, 5.74) is 0. The van der Waals surface area contributed by atoms with E-state index in [4.69, 9.17) is 0 Å². The summed E-state index contributed by atoms with van der Waals surface area (Å²) < 4.78 is 0. The first-order valence-electron chi connectivity index (χ1n) is 3.65. The second kappa shape index (κ2) is 2.81. The highest BCUT2D eigenvalue weighted by molar-refractivity contribution is 8.00. The monoisotopic (exact) mass is 153 g/mol. The summed E-state index contributed by atoms with van der Waals surface area (Å²) in [6.45, 7) is 0. The summed E-state index contributed by atoms with van der Waals surface area (Å²) in [4.78, 5) is 0. The maximum atomic E-state index is 3.46. The summed E-state index contributed by atoms with van der Waals surface area (Å²) in [5, 5.41) is 4.18. The van der Waals surface area contributed by atoms with Gasteiger partial charge in [-0.15, -0.1) is 11.8 Å². The average molecular weight is 153 g/mol. The van der Waals surface area contributed by atoms with Gasteiger partial charge in [-0.05, 0) is 6.42 Å². The Morgan fingerprint density at radius 3 is 3.40 bits per heavy atom. The minimum Gasteiger partial charge on any atom is -0.303 e. The summed E-state index contributed by atoms with van der Waals surface area (Å²) >= 11 is 2.00. The largest absolute Gasteiger partial charge is 0.303 e. The van der Waals surface area contributed by atoms with Crippen molar-refractivity contribution >= 4 is 11.8 Å². The second-order valence-electron chi connectivity index (χ2n) is 2.63. The highest BCUT2D eigenvalue weighted by atomic mass is 32.2. The molecule has 1 aliphatic heterocycles. The van der Waals surface area contributed by atoms with Gasteiger partial charge in [-0.3, -0.25) is 0 Å². The molecule has 2 aliphatic rings. The zero-order valence-corrected chi connectivity index (χ0v) is 6.60. The summed E-state index contributed by atoms with van der Waals surface area (Å²) in [7, 11) is 0. The first-order valence-corrected chi connectivity index (χ1v) is 4.70. The van der Waals surface area contributed by atoms with Gasteiger partial charge in [-0.2, -0.15) is 0 Å². The highest BCUT2D eigenvalue weighted by Gasteiger charge is 2.24. The van der Waals surface area contributed by atoms with E-state index in [2.05, 4.69) is 29.6 Å². The predicted octanol–water partition coefficient (Wildman–Crippen LogP) is 1.53. The zero-order chi connectivity index (χ0) is 6.81. The van der Waals surface area contributed by atoms with Crippen LogP contribution in [-0.4, -0.2) is 17.2 Å². The lowest BCUT2D eigenvalue weighted by Gasteiger charge is -2.10. The van der Waals surface area contributed by atoms with E-state index in [1.165, 1.54) is 6.42 Å². The van der Waals surface area contributed by atoms with Gasteiger partial charge in [0, 0.05) is 17.2 Å². The molecule has 0 aromatic carbocycles. The molecule has 0 radical (unpaired) electrons. The fourth-order valence-corrected chi connectivity index (χ4v) is 2.51. The molecule has 2 heteroatoms.